The average molecular weight is 254 g/mol. The Hall–Kier alpha value is -1.05. The Morgan fingerprint density at radius 1 is 1.53 bits per heavy atom. The summed E-state index contributed by atoms with van der Waals surface area (Å²) < 4.78 is 1.61. The Kier molecular flexibility index (Phi) is 3.41. The van der Waals surface area contributed by atoms with Crippen molar-refractivity contribution in [3.63, 3.8) is 0 Å². The first-order valence-electron chi connectivity index (χ1n) is 5.79. The van der Waals surface area contributed by atoms with Crippen LogP contribution in [0, 0.1) is 11.8 Å². The molecule has 1 fully saturated rings. The van der Waals surface area contributed by atoms with E-state index in [1.165, 1.54) is 6.33 Å². The molecule has 1 N–H and O–H groups in total. The lowest BCUT2D eigenvalue weighted by molar-refractivity contribution is 0.0122. The Morgan fingerprint density at radius 2 is 2.29 bits per heavy atom. The second-order valence-corrected chi connectivity index (χ2v) is 5.20. The molecule has 1 aromatic heterocycles. The van der Waals surface area contributed by atoms with Gasteiger partial charge >= 0.3 is 0 Å². The molecule has 2 rings (SSSR count). The van der Waals surface area contributed by atoms with Crippen molar-refractivity contribution in [1.29, 1.82) is 0 Å². The molecule has 0 radical (unpaired) electrons. The van der Waals surface area contributed by atoms with Crippen LogP contribution in [-0.2, 0) is 6.54 Å². The first kappa shape index (κ1) is 12.4. The molecule has 0 spiro atoms. The quantitative estimate of drug-likeness (QED) is 0.655. The van der Waals surface area contributed by atoms with Crippen LogP contribution in [0.2, 0.25) is 0 Å². The minimum Gasteiger partial charge on any atom is -0.385 e. The highest BCUT2D eigenvalue weighted by Crippen LogP contribution is 2.52. The molecule has 0 amide bonds. The molecule has 92 valence electrons. The van der Waals surface area contributed by atoms with E-state index < -0.39 is 10.5 Å². The number of hydrogen-bond donors (Lipinski definition) is 1. The summed E-state index contributed by atoms with van der Waals surface area (Å²) in [5.74, 6) is 5.96. The molecule has 4 nitrogen and oxygen atoms in total. The second kappa shape index (κ2) is 4.67. The molecule has 0 aliphatic heterocycles. The zero-order valence-corrected chi connectivity index (χ0v) is 10.6. The Bertz CT molecular complexity index is 430. The maximum absolute atomic E-state index is 10.7. The molecule has 1 aromatic rings. The molecule has 0 bridgehead atoms. The van der Waals surface area contributed by atoms with Gasteiger partial charge in [-0.3, -0.25) is 0 Å². The van der Waals surface area contributed by atoms with Crippen LogP contribution in [0.1, 0.15) is 32.6 Å². The molecule has 1 heterocycles. The summed E-state index contributed by atoms with van der Waals surface area (Å²) in [5, 5.41) is 14.7. The lowest BCUT2D eigenvalue weighted by atomic mass is 9.93. The molecule has 1 atom stereocenters. The number of aromatic nitrogens is 3. The topological polar surface area (TPSA) is 50.9 Å². The number of halogens is 1. The smallest absolute Gasteiger partial charge is 0.137 e. The van der Waals surface area contributed by atoms with E-state index in [1.54, 1.807) is 11.0 Å². The first-order chi connectivity index (χ1) is 8.10. The second-order valence-electron chi connectivity index (χ2n) is 4.47. The normalized spacial score (nSPS) is 20.2. The van der Waals surface area contributed by atoms with Gasteiger partial charge in [0.2, 0.25) is 0 Å². The number of nitrogens with zero attached hydrogens (tertiary/aromatic N) is 3. The van der Waals surface area contributed by atoms with Crippen LogP contribution in [0.25, 0.3) is 0 Å². The number of aliphatic hydroxyl groups is 1. The van der Waals surface area contributed by atoms with E-state index in [0.29, 0.717) is 13.0 Å². The summed E-state index contributed by atoms with van der Waals surface area (Å²) in [6.07, 6.45) is 5.85. The van der Waals surface area contributed by atoms with Crippen LogP contribution in [-0.4, -0.2) is 30.3 Å². The third-order valence-electron chi connectivity index (χ3n) is 3.10. The van der Waals surface area contributed by atoms with Crippen molar-refractivity contribution in [3.8, 4) is 11.8 Å². The lowest BCUT2D eigenvalue weighted by Crippen LogP contribution is -2.44. The van der Waals surface area contributed by atoms with Gasteiger partial charge in [0.1, 0.15) is 18.3 Å². The SMILES string of the molecule is CCC#CCC(O)(Cn1cncn1)C1(Cl)CC1. The van der Waals surface area contributed by atoms with E-state index in [4.69, 9.17) is 11.6 Å². The van der Waals surface area contributed by atoms with Gasteiger partial charge in [0.25, 0.3) is 0 Å². The fourth-order valence-corrected chi connectivity index (χ4v) is 2.07. The van der Waals surface area contributed by atoms with Gasteiger partial charge in [0, 0.05) is 12.8 Å². The predicted octanol–water partition coefficient (Wildman–Crippen LogP) is 1.58. The van der Waals surface area contributed by atoms with Crippen molar-refractivity contribution in [2.75, 3.05) is 0 Å². The van der Waals surface area contributed by atoms with Crippen LogP contribution in [0.5, 0.6) is 0 Å². The van der Waals surface area contributed by atoms with Crippen LogP contribution in [0.3, 0.4) is 0 Å². The third-order valence-corrected chi connectivity index (χ3v) is 3.83. The molecule has 1 unspecified atom stereocenters. The van der Waals surface area contributed by atoms with E-state index in [-0.39, 0.29) is 0 Å². The van der Waals surface area contributed by atoms with Crippen LogP contribution in [0.15, 0.2) is 12.7 Å². The van der Waals surface area contributed by atoms with Gasteiger partial charge in [0.05, 0.1) is 11.4 Å². The maximum atomic E-state index is 10.7. The molecular weight excluding hydrogens is 238 g/mol. The van der Waals surface area contributed by atoms with Crippen molar-refractivity contribution in [2.24, 2.45) is 0 Å². The van der Waals surface area contributed by atoms with Gasteiger partial charge in [-0.05, 0) is 12.8 Å². The molecule has 1 aliphatic rings. The molecule has 0 saturated heterocycles. The Balaban J connectivity index is 2.12. The van der Waals surface area contributed by atoms with E-state index in [1.807, 2.05) is 6.92 Å². The summed E-state index contributed by atoms with van der Waals surface area (Å²) in [7, 11) is 0. The van der Waals surface area contributed by atoms with Crippen molar-refractivity contribution in [2.45, 2.75) is 49.6 Å². The van der Waals surface area contributed by atoms with E-state index in [0.717, 1.165) is 19.3 Å². The monoisotopic (exact) mass is 253 g/mol. The van der Waals surface area contributed by atoms with Crippen LogP contribution in [0.4, 0.5) is 0 Å². The van der Waals surface area contributed by atoms with Gasteiger partial charge in [-0.25, -0.2) is 9.67 Å². The highest BCUT2D eigenvalue weighted by molar-refractivity contribution is 6.26. The summed E-state index contributed by atoms with van der Waals surface area (Å²) >= 11 is 6.37. The maximum Gasteiger partial charge on any atom is 0.137 e. The van der Waals surface area contributed by atoms with Crippen molar-refractivity contribution in [3.05, 3.63) is 12.7 Å². The fraction of sp³-hybridized carbons (Fsp3) is 0.667. The van der Waals surface area contributed by atoms with Gasteiger partial charge in [0.15, 0.2) is 0 Å². The third kappa shape index (κ3) is 2.62. The minimum absolute atomic E-state index is 0.342. The van der Waals surface area contributed by atoms with Gasteiger partial charge in [-0.1, -0.05) is 6.92 Å². The van der Waals surface area contributed by atoms with Gasteiger partial charge in [-0.15, -0.1) is 23.4 Å². The van der Waals surface area contributed by atoms with E-state index in [9.17, 15) is 5.11 Å². The zero-order valence-electron chi connectivity index (χ0n) is 9.86. The molecule has 17 heavy (non-hydrogen) atoms. The number of alkyl halides is 1. The first-order valence-corrected chi connectivity index (χ1v) is 6.17. The summed E-state index contributed by atoms with van der Waals surface area (Å²) in [6.45, 7) is 2.33. The minimum atomic E-state index is -1.02. The van der Waals surface area contributed by atoms with Crippen LogP contribution < -0.4 is 0 Å². The van der Waals surface area contributed by atoms with E-state index in [2.05, 4.69) is 21.9 Å². The number of hydrogen-bond acceptors (Lipinski definition) is 3. The fourth-order valence-electron chi connectivity index (χ4n) is 1.85. The zero-order chi connectivity index (χ0) is 12.4. The summed E-state index contributed by atoms with van der Waals surface area (Å²) in [5.41, 5.74) is -1.02. The highest BCUT2D eigenvalue weighted by atomic mass is 35.5. The molecular formula is C12H16ClN3O. The largest absolute Gasteiger partial charge is 0.385 e. The molecule has 5 heteroatoms. The molecule has 0 aromatic carbocycles. The Morgan fingerprint density at radius 3 is 2.82 bits per heavy atom. The van der Waals surface area contributed by atoms with E-state index >= 15 is 0 Å². The molecule has 1 aliphatic carbocycles. The average Bonchev–Trinajstić information content (AvgIpc) is 2.86. The Labute approximate surface area is 106 Å². The van der Waals surface area contributed by atoms with Gasteiger partial charge < -0.3 is 5.11 Å². The van der Waals surface area contributed by atoms with Crippen molar-refractivity contribution in [1.82, 2.24) is 14.8 Å². The number of rotatable bonds is 4. The summed E-state index contributed by atoms with van der Waals surface area (Å²) in [4.78, 5) is 3.33. The lowest BCUT2D eigenvalue weighted by Gasteiger charge is -2.30. The van der Waals surface area contributed by atoms with Crippen molar-refractivity contribution >= 4 is 11.6 Å². The van der Waals surface area contributed by atoms with Crippen LogP contribution >= 0.6 is 11.6 Å². The predicted molar refractivity (Wildman–Crippen MR) is 65.5 cm³/mol. The molecule has 1 saturated carbocycles. The standard InChI is InChI=1S/C12H16ClN3O/c1-2-3-4-5-12(17,11(13)6-7-11)8-16-10-14-9-15-16/h9-10,17H,2,5-8H2,1H3. The van der Waals surface area contributed by atoms with Gasteiger partial charge in [-0.2, -0.15) is 5.10 Å². The van der Waals surface area contributed by atoms with Crippen molar-refractivity contribution < 1.29 is 5.11 Å². The summed E-state index contributed by atoms with van der Waals surface area (Å²) in [6, 6.07) is 0. The highest BCUT2D eigenvalue weighted by Gasteiger charge is 2.57.